The molecule has 0 aliphatic rings. The molecule has 1 atom stereocenters. The van der Waals surface area contributed by atoms with E-state index in [-0.39, 0.29) is 29.5 Å². The summed E-state index contributed by atoms with van der Waals surface area (Å²) in [7, 11) is -1.12. The number of nitrogens with one attached hydrogen (secondary N) is 1. The lowest BCUT2D eigenvalue weighted by Gasteiger charge is -2.34. The van der Waals surface area contributed by atoms with Crippen molar-refractivity contribution < 1.29 is 27.5 Å². The van der Waals surface area contributed by atoms with E-state index in [2.05, 4.69) is 5.32 Å². The number of methoxy groups -OCH3 is 2. The molecule has 0 fully saturated rings. The van der Waals surface area contributed by atoms with Crippen LogP contribution in [-0.2, 0) is 32.6 Å². The van der Waals surface area contributed by atoms with E-state index in [1.807, 2.05) is 56.3 Å². The lowest BCUT2D eigenvalue weighted by Crippen LogP contribution is -2.53. The van der Waals surface area contributed by atoms with Crippen LogP contribution in [0.25, 0.3) is 0 Å². The summed E-state index contributed by atoms with van der Waals surface area (Å²) in [5, 5.41) is 3.00. The van der Waals surface area contributed by atoms with E-state index < -0.39 is 28.5 Å². The minimum Gasteiger partial charge on any atom is -0.497 e. The molecule has 248 valence electrons. The van der Waals surface area contributed by atoms with Gasteiger partial charge in [0.25, 0.3) is 10.0 Å². The topological polar surface area (TPSA) is 105 Å². The van der Waals surface area contributed by atoms with Crippen molar-refractivity contribution in [3.8, 4) is 11.5 Å². The quantitative estimate of drug-likeness (QED) is 0.154. The Hall–Kier alpha value is -4.83. The van der Waals surface area contributed by atoms with Crippen molar-refractivity contribution in [2.45, 2.75) is 50.6 Å². The second-order valence-electron chi connectivity index (χ2n) is 11.2. The minimum atomic E-state index is -4.20. The van der Waals surface area contributed by atoms with Crippen molar-refractivity contribution in [3.05, 3.63) is 120 Å². The van der Waals surface area contributed by atoms with E-state index in [0.29, 0.717) is 18.0 Å². The van der Waals surface area contributed by atoms with Crippen LogP contribution in [0.2, 0.25) is 0 Å². The van der Waals surface area contributed by atoms with Gasteiger partial charge in [-0.15, -0.1) is 0 Å². The van der Waals surface area contributed by atoms with Crippen molar-refractivity contribution in [3.63, 3.8) is 0 Å². The molecule has 4 aromatic carbocycles. The second-order valence-corrected chi connectivity index (χ2v) is 13.1. The first-order valence-electron chi connectivity index (χ1n) is 15.6. The molecular formula is C37H43N3O6S. The summed E-state index contributed by atoms with van der Waals surface area (Å²) >= 11 is 0. The average Bonchev–Trinajstić information content (AvgIpc) is 3.09. The number of aryl methyl sites for hydroxylation is 1. The van der Waals surface area contributed by atoms with Gasteiger partial charge in [-0.2, -0.15) is 0 Å². The number of sulfonamides is 1. The largest absolute Gasteiger partial charge is 0.497 e. The van der Waals surface area contributed by atoms with E-state index in [1.54, 1.807) is 55.6 Å². The number of anilines is 1. The van der Waals surface area contributed by atoms with Gasteiger partial charge in [0.2, 0.25) is 11.8 Å². The van der Waals surface area contributed by atoms with Crippen molar-refractivity contribution in [1.82, 2.24) is 10.2 Å². The molecule has 10 heteroatoms. The molecule has 0 aliphatic carbocycles. The summed E-state index contributed by atoms with van der Waals surface area (Å²) in [6, 6.07) is 28.8. The monoisotopic (exact) mass is 657 g/mol. The molecule has 0 saturated carbocycles. The fourth-order valence-corrected chi connectivity index (χ4v) is 6.56. The fraction of sp³-hybridized carbons (Fsp3) is 0.297. The molecule has 4 rings (SSSR count). The van der Waals surface area contributed by atoms with Gasteiger partial charge in [0.05, 0.1) is 24.8 Å². The molecular weight excluding hydrogens is 614 g/mol. The molecule has 0 radical (unpaired) electrons. The van der Waals surface area contributed by atoms with E-state index >= 15 is 0 Å². The molecule has 9 nitrogen and oxygen atoms in total. The summed E-state index contributed by atoms with van der Waals surface area (Å²) in [5.41, 5.74) is 2.78. The standard InChI is InChI=1S/C37H43N3O6S/c1-5-6-23-38-37(42)35(25-29-11-8-7-9-12-29)39(26-30-13-10-14-33(24-30)46-4)36(41)27-40(31-17-19-32(45-3)20-18-31)47(43,44)34-21-15-28(2)16-22-34/h7-22,24,35H,5-6,23,25-27H2,1-4H3,(H,38,42)/t35-/m1/s1. The third-order valence-electron chi connectivity index (χ3n) is 7.84. The van der Waals surface area contributed by atoms with Crippen LogP contribution in [0, 0.1) is 6.92 Å². The SMILES string of the molecule is CCCCNC(=O)[C@@H](Cc1ccccc1)N(Cc1cccc(OC)c1)C(=O)CN(c1ccc(OC)cc1)S(=O)(=O)c1ccc(C)cc1. The van der Waals surface area contributed by atoms with Crippen molar-refractivity contribution >= 4 is 27.5 Å². The molecule has 0 heterocycles. The van der Waals surface area contributed by atoms with Crippen LogP contribution in [0.4, 0.5) is 5.69 Å². The van der Waals surface area contributed by atoms with Crippen LogP contribution in [-0.4, -0.2) is 58.5 Å². The van der Waals surface area contributed by atoms with Crippen LogP contribution in [0.5, 0.6) is 11.5 Å². The number of nitrogens with zero attached hydrogens (tertiary/aromatic N) is 2. The minimum absolute atomic E-state index is 0.0456. The molecule has 0 aromatic heterocycles. The highest BCUT2D eigenvalue weighted by Gasteiger charge is 2.34. The third kappa shape index (κ3) is 9.36. The smallest absolute Gasteiger partial charge is 0.264 e. The molecule has 2 amide bonds. The molecule has 0 saturated heterocycles. The zero-order chi connectivity index (χ0) is 33.8. The highest BCUT2D eigenvalue weighted by molar-refractivity contribution is 7.92. The number of amides is 2. The summed E-state index contributed by atoms with van der Waals surface area (Å²) in [4.78, 5) is 30.0. The summed E-state index contributed by atoms with van der Waals surface area (Å²) in [5.74, 6) is 0.296. The van der Waals surface area contributed by atoms with Crippen LogP contribution >= 0.6 is 0 Å². The Morgan fingerprint density at radius 1 is 0.809 bits per heavy atom. The third-order valence-corrected chi connectivity index (χ3v) is 9.62. The van der Waals surface area contributed by atoms with Gasteiger partial charge >= 0.3 is 0 Å². The van der Waals surface area contributed by atoms with Gasteiger partial charge in [0.1, 0.15) is 24.1 Å². The van der Waals surface area contributed by atoms with Crippen LogP contribution in [0.3, 0.4) is 0 Å². The van der Waals surface area contributed by atoms with E-state index in [0.717, 1.165) is 33.8 Å². The molecule has 47 heavy (non-hydrogen) atoms. The average molecular weight is 658 g/mol. The predicted octanol–water partition coefficient (Wildman–Crippen LogP) is 5.76. The molecule has 0 spiro atoms. The second kappa shape index (κ2) is 16.6. The molecule has 0 bridgehead atoms. The van der Waals surface area contributed by atoms with Gasteiger partial charge in [-0.1, -0.05) is 73.5 Å². The predicted molar refractivity (Wildman–Crippen MR) is 184 cm³/mol. The Kier molecular flexibility index (Phi) is 12.4. The lowest BCUT2D eigenvalue weighted by molar-refractivity contribution is -0.140. The number of hydrogen-bond donors (Lipinski definition) is 1. The number of carbonyl (C=O) groups excluding carboxylic acids is 2. The highest BCUT2D eigenvalue weighted by atomic mass is 32.2. The number of benzene rings is 4. The van der Waals surface area contributed by atoms with E-state index in [1.165, 1.54) is 24.1 Å². The zero-order valence-corrected chi connectivity index (χ0v) is 28.2. The van der Waals surface area contributed by atoms with Crippen LogP contribution < -0.4 is 19.1 Å². The Labute approximate surface area is 278 Å². The van der Waals surface area contributed by atoms with Gasteiger partial charge < -0.3 is 19.7 Å². The Bertz CT molecular complexity index is 1710. The first-order valence-corrected chi connectivity index (χ1v) is 17.1. The van der Waals surface area contributed by atoms with Gasteiger partial charge in [-0.05, 0) is 73.0 Å². The number of carbonyl (C=O) groups is 2. The van der Waals surface area contributed by atoms with Gasteiger partial charge in [0, 0.05) is 19.5 Å². The molecule has 1 N–H and O–H groups in total. The molecule has 0 unspecified atom stereocenters. The molecule has 4 aromatic rings. The van der Waals surface area contributed by atoms with Gasteiger partial charge in [0.15, 0.2) is 0 Å². The van der Waals surface area contributed by atoms with Crippen LogP contribution in [0.15, 0.2) is 108 Å². The van der Waals surface area contributed by atoms with Crippen LogP contribution in [0.1, 0.15) is 36.5 Å². The number of unbranched alkanes of at least 4 members (excludes halogenated alkanes) is 1. The summed E-state index contributed by atoms with van der Waals surface area (Å²) < 4.78 is 40.2. The first kappa shape index (κ1) is 35.0. The summed E-state index contributed by atoms with van der Waals surface area (Å²) in [6.45, 7) is 3.88. The summed E-state index contributed by atoms with van der Waals surface area (Å²) in [6.07, 6.45) is 1.92. The number of ether oxygens (including phenoxy) is 2. The molecule has 0 aliphatic heterocycles. The highest BCUT2D eigenvalue weighted by Crippen LogP contribution is 2.27. The van der Waals surface area contributed by atoms with Crippen molar-refractivity contribution in [1.29, 1.82) is 0 Å². The maximum Gasteiger partial charge on any atom is 0.264 e. The maximum atomic E-state index is 14.6. The normalized spacial score (nSPS) is 11.7. The fourth-order valence-electron chi connectivity index (χ4n) is 5.14. The Morgan fingerprint density at radius 3 is 2.11 bits per heavy atom. The Balaban J connectivity index is 1.80. The zero-order valence-electron chi connectivity index (χ0n) is 27.4. The van der Waals surface area contributed by atoms with Crippen molar-refractivity contribution in [2.24, 2.45) is 0 Å². The van der Waals surface area contributed by atoms with Crippen molar-refractivity contribution in [2.75, 3.05) is 31.6 Å². The van der Waals surface area contributed by atoms with E-state index in [4.69, 9.17) is 9.47 Å². The first-order chi connectivity index (χ1) is 22.7. The van der Waals surface area contributed by atoms with Gasteiger partial charge in [-0.25, -0.2) is 8.42 Å². The van der Waals surface area contributed by atoms with Gasteiger partial charge in [-0.3, -0.25) is 13.9 Å². The van der Waals surface area contributed by atoms with E-state index in [9.17, 15) is 18.0 Å². The Morgan fingerprint density at radius 2 is 1.47 bits per heavy atom. The maximum absolute atomic E-state index is 14.6. The number of hydrogen-bond acceptors (Lipinski definition) is 6. The lowest BCUT2D eigenvalue weighted by atomic mass is 10.0. The number of rotatable bonds is 16.